The third-order valence-electron chi connectivity index (χ3n) is 4.64. The highest BCUT2D eigenvalue weighted by Gasteiger charge is 2.15. The van der Waals surface area contributed by atoms with Crippen LogP contribution in [-0.2, 0) is 0 Å². The molecule has 0 bridgehead atoms. The number of anilines is 1. The van der Waals surface area contributed by atoms with E-state index in [1.165, 1.54) is 0 Å². The number of amides is 1. The summed E-state index contributed by atoms with van der Waals surface area (Å²) in [6.07, 6.45) is 0.972. The molecular formula is C22H21ClN2O3S. The average molecular weight is 429 g/mol. The Labute approximate surface area is 179 Å². The lowest BCUT2D eigenvalue weighted by atomic mass is 9.98. The molecule has 0 saturated carbocycles. The van der Waals surface area contributed by atoms with Crippen molar-refractivity contribution in [3.8, 4) is 17.1 Å². The van der Waals surface area contributed by atoms with Crippen molar-refractivity contribution in [2.45, 2.75) is 26.2 Å². The maximum Gasteiger partial charge on any atom is 0.293 e. The van der Waals surface area contributed by atoms with E-state index in [1.54, 1.807) is 30.3 Å². The molecule has 0 saturated heterocycles. The first-order valence-corrected chi connectivity index (χ1v) is 9.97. The molecule has 1 aromatic heterocycles. The molecule has 0 aliphatic rings. The van der Waals surface area contributed by atoms with Crippen molar-refractivity contribution in [2.24, 2.45) is 0 Å². The molecule has 5 nitrogen and oxygen atoms in total. The van der Waals surface area contributed by atoms with Gasteiger partial charge in [0.05, 0.1) is 5.69 Å². The summed E-state index contributed by atoms with van der Waals surface area (Å²) < 4.78 is 5.62. The van der Waals surface area contributed by atoms with Gasteiger partial charge in [0.1, 0.15) is 11.5 Å². The fourth-order valence-electron chi connectivity index (χ4n) is 2.74. The van der Waals surface area contributed by atoms with E-state index in [1.807, 2.05) is 24.3 Å². The Morgan fingerprint density at radius 1 is 1.17 bits per heavy atom. The SMILES string of the molecule is CC[C@H](C)c1ccc(O)c(NC(=S)NC(=O)c2ccc(-c3ccc(Cl)cc3)o2)c1. The number of halogens is 1. The second-order valence-electron chi connectivity index (χ2n) is 6.66. The number of phenolic OH excluding ortho intramolecular Hbond substituents is 1. The summed E-state index contributed by atoms with van der Waals surface area (Å²) >= 11 is 11.1. The Morgan fingerprint density at radius 2 is 1.90 bits per heavy atom. The Hall–Kier alpha value is -2.83. The number of hydrogen-bond donors (Lipinski definition) is 3. The smallest absolute Gasteiger partial charge is 0.293 e. The van der Waals surface area contributed by atoms with Crippen LogP contribution in [0.2, 0.25) is 5.02 Å². The number of hydrogen-bond acceptors (Lipinski definition) is 4. The van der Waals surface area contributed by atoms with Crippen molar-refractivity contribution < 1.29 is 14.3 Å². The average Bonchev–Trinajstić information content (AvgIpc) is 3.20. The number of rotatable bonds is 5. The van der Waals surface area contributed by atoms with E-state index >= 15 is 0 Å². The highest BCUT2D eigenvalue weighted by Crippen LogP contribution is 2.29. The van der Waals surface area contributed by atoms with Crippen molar-refractivity contribution in [3.63, 3.8) is 0 Å². The van der Waals surface area contributed by atoms with Crippen LogP contribution in [-0.4, -0.2) is 16.1 Å². The van der Waals surface area contributed by atoms with Gasteiger partial charge in [-0.15, -0.1) is 0 Å². The van der Waals surface area contributed by atoms with Gasteiger partial charge in [-0.1, -0.05) is 31.5 Å². The zero-order valence-electron chi connectivity index (χ0n) is 16.0. The minimum absolute atomic E-state index is 0.0525. The van der Waals surface area contributed by atoms with E-state index in [4.69, 9.17) is 28.2 Å². The number of aromatic hydroxyl groups is 1. The number of carbonyl (C=O) groups is 1. The number of carbonyl (C=O) groups excluding carboxylic acids is 1. The zero-order valence-corrected chi connectivity index (χ0v) is 17.6. The lowest BCUT2D eigenvalue weighted by Gasteiger charge is -2.14. The summed E-state index contributed by atoms with van der Waals surface area (Å²) in [5, 5.41) is 16.2. The van der Waals surface area contributed by atoms with Crippen molar-refractivity contribution in [3.05, 3.63) is 70.9 Å². The molecule has 0 aliphatic heterocycles. The van der Waals surface area contributed by atoms with E-state index in [-0.39, 0.29) is 16.6 Å². The van der Waals surface area contributed by atoms with E-state index in [0.29, 0.717) is 22.4 Å². The van der Waals surface area contributed by atoms with Gasteiger partial charge in [0.25, 0.3) is 5.91 Å². The fourth-order valence-corrected chi connectivity index (χ4v) is 3.07. The summed E-state index contributed by atoms with van der Waals surface area (Å²) in [7, 11) is 0. The Balaban J connectivity index is 1.67. The fraction of sp³-hybridized carbons (Fsp3) is 0.182. The molecule has 29 heavy (non-hydrogen) atoms. The molecule has 1 atom stereocenters. The van der Waals surface area contributed by atoms with Gasteiger partial charge in [0, 0.05) is 10.6 Å². The Bertz CT molecular complexity index is 1030. The molecule has 0 radical (unpaired) electrons. The van der Waals surface area contributed by atoms with E-state index in [2.05, 4.69) is 24.5 Å². The molecule has 150 valence electrons. The molecule has 3 rings (SSSR count). The van der Waals surface area contributed by atoms with E-state index in [0.717, 1.165) is 17.5 Å². The molecule has 0 spiro atoms. The quantitative estimate of drug-likeness (QED) is 0.346. The standard InChI is InChI=1S/C22H21ClN2O3S/c1-3-13(2)15-6-9-18(26)17(12-15)24-22(29)25-21(27)20-11-10-19(28-20)14-4-7-16(23)8-5-14/h4-13,26H,3H2,1-2H3,(H2,24,25,27,29)/t13-/m0/s1. The third-order valence-corrected chi connectivity index (χ3v) is 5.09. The maximum absolute atomic E-state index is 12.4. The molecule has 3 N–H and O–H groups in total. The number of phenols is 1. The van der Waals surface area contributed by atoms with Gasteiger partial charge in [0.2, 0.25) is 0 Å². The second-order valence-corrected chi connectivity index (χ2v) is 7.51. The largest absolute Gasteiger partial charge is 0.506 e. The predicted octanol–water partition coefficient (Wildman–Crippen LogP) is 5.95. The summed E-state index contributed by atoms with van der Waals surface area (Å²) in [5.74, 6) is 0.576. The summed E-state index contributed by atoms with van der Waals surface area (Å²) in [6, 6.07) is 15.7. The van der Waals surface area contributed by atoms with Crippen LogP contribution in [0.5, 0.6) is 5.75 Å². The number of nitrogens with one attached hydrogen (secondary N) is 2. The number of furan rings is 1. The van der Waals surface area contributed by atoms with Crippen LogP contribution < -0.4 is 10.6 Å². The predicted molar refractivity (Wildman–Crippen MR) is 120 cm³/mol. The Morgan fingerprint density at radius 3 is 2.59 bits per heavy atom. The maximum atomic E-state index is 12.4. The molecule has 0 aliphatic carbocycles. The number of thiocarbonyl (C=S) groups is 1. The van der Waals surface area contributed by atoms with Crippen LogP contribution in [0.25, 0.3) is 11.3 Å². The van der Waals surface area contributed by atoms with Crippen molar-refractivity contribution in [2.75, 3.05) is 5.32 Å². The molecule has 0 fully saturated rings. The van der Waals surface area contributed by atoms with Crippen molar-refractivity contribution in [1.82, 2.24) is 5.32 Å². The van der Waals surface area contributed by atoms with Crippen molar-refractivity contribution in [1.29, 1.82) is 0 Å². The van der Waals surface area contributed by atoms with Crippen LogP contribution in [0, 0.1) is 0 Å². The van der Waals surface area contributed by atoms with Gasteiger partial charge in [-0.2, -0.15) is 0 Å². The minimum atomic E-state index is -0.486. The second kappa shape index (κ2) is 9.11. The van der Waals surface area contributed by atoms with Gasteiger partial charge in [-0.05, 0) is 78.7 Å². The minimum Gasteiger partial charge on any atom is -0.506 e. The number of benzene rings is 2. The lowest BCUT2D eigenvalue weighted by molar-refractivity contribution is 0.0951. The molecule has 3 aromatic rings. The molecule has 1 amide bonds. The van der Waals surface area contributed by atoms with Crippen LogP contribution in [0.4, 0.5) is 5.69 Å². The highest BCUT2D eigenvalue weighted by atomic mass is 35.5. The third kappa shape index (κ3) is 5.16. The first-order valence-electron chi connectivity index (χ1n) is 9.18. The molecule has 0 unspecified atom stereocenters. The first kappa shape index (κ1) is 20.9. The first-order chi connectivity index (χ1) is 13.9. The van der Waals surface area contributed by atoms with Gasteiger partial charge < -0.3 is 14.8 Å². The Kier molecular flexibility index (Phi) is 6.56. The zero-order chi connectivity index (χ0) is 21.0. The van der Waals surface area contributed by atoms with Gasteiger partial charge in [-0.3, -0.25) is 10.1 Å². The van der Waals surface area contributed by atoms with E-state index in [9.17, 15) is 9.90 Å². The molecular weight excluding hydrogens is 408 g/mol. The topological polar surface area (TPSA) is 74.5 Å². The molecule has 7 heteroatoms. The highest BCUT2D eigenvalue weighted by molar-refractivity contribution is 7.80. The molecule has 1 heterocycles. The summed E-state index contributed by atoms with van der Waals surface area (Å²) in [4.78, 5) is 12.4. The van der Waals surface area contributed by atoms with E-state index < -0.39 is 5.91 Å². The monoisotopic (exact) mass is 428 g/mol. The lowest BCUT2D eigenvalue weighted by Crippen LogP contribution is -2.33. The molecule has 2 aromatic carbocycles. The van der Waals surface area contributed by atoms with Crippen LogP contribution in [0.15, 0.2) is 59.0 Å². The van der Waals surface area contributed by atoms with Crippen LogP contribution >= 0.6 is 23.8 Å². The normalized spacial score (nSPS) is 11.7. The van der Waals surface area contributed by atoms with Gasteiger partial charge in [0.15, 0.2) is 10.9 Å². The van der Waals surface area contributed by atoms with Gasteiger partial charge >= 0.3 is 0 Å². The van der Waals surface area contributed by atoms with Crippen molar-refractivity contribution >= 4 is 40.5 Å². The van der Waals surface area contributed by atoms with Gasteiger partial charge in [-0.25, -0.2) is 0 Å². The summed E-state index contributed by atoms with van der Waals surface area (Å²) in [5.41, 5.74) is 2.32. The van der Waals surface area contributed by atoms with Crippen LogP contribution in [0.3, 0.4) is 0 Å². The summed E-state index contributed by atoms with van der Waals surface area (Å²) in [6.45, 7) is 4.20. The van der Waals surface area contributed by atoms with Crippen LogP contribution in [0.1, 0.15) is 42.3 Å².